The summed E-state index contributed by atoms with van der Waals surface area (Å²) in [4.78, 5) is 29.3. The van der Waals surface area contributed by atoms with Crippen molar-refractivity contribution in [1.29, 1.82) is 0 Å². The first kappa shape index (κ1) is 21.9. The molecule has 0 aromatic heterocycles. The van der Waals surface area contributed by atoms with Crippen molar-refractivity contribution in [2.75, 3.05) is 13.6 Å². The Morgan fingerprint density at radius 1 is 1.28 bits per heavy atom. The van der Waals surface area contributed by atoms with Crippen LogP contribution in [0.1, 0.15) is 67.2 Å². The van der Waals surface area contributed by atoms with E-state index < -0.39 is 17.7 Å². The van der Waals surface area contributed by atoms with Gasteiger partial charge >= 0.3 is 0 Å². The Balaban J connectivity index is 2.95. The van der Waals surface area contributed by atoms with Crippen molar-refractivity contribution in [2.45, 2.75) is 91.6 Å². The first-order valence-electron chi connectivity index (χ1n) is 9.51. The van der Waals surface area contributed by atoms with Gasteiger partial charge in [-0.2, -0.15) is 0 Å². The number of hydrogen-bond donors (Lipinski definition) is 2. The number of nitrogens with zero attached hydrogens (tertiary/aromatic N) is 2. The van der Waals surface area contributed by atoms with Gasteiger partial charge in [0.2, 0.25) is 11.8 Å². The summed E-state index contributed by atoms with van der Waals surface area (Å²) in [6.45, 7) is 12.5. The summed E-state index contributed by atoms with van der Waals surface area (Å²) in [6, 6.07) is -0.501. The topological polar surface area (TPSA) is 72.9 Å². The summed E-state index contributed by atoms with van der Waals surface area (Å²) in [5, 5.41) is 12.7. The lowest BCUT2D eigenvalue weighted by atomic mass is 9.85. The number of aliphatic hydroxyl groups is 1. The van der Waals surface area contributed by atoms with Crippen molar-refractivity contribution in [3.8, 4) is 0 Å². The van der Waals surface area contributed by atoms with E-state index in [1.165, 1.54) is 4.90 Å². The molecule has 2 N–H and O–H groups in total. The van der Waals surface area contributed by atoms with Crippen LogP contribution in [0.4, 0.5) is 0 Å². The summed E-state index contributed by atoms with van der Waals surface area (Å²) >= 11 is 0. The van der Waals surface area contributed by atoms with Gasteiger partial charge in [0.25, 0.3) is 0 Å². The third-order valence-electron chi connectivity index (χ3n) is 5.31. The lowest BCUT2D eigenvalue weighted by molar-refractivity contribution is -0.146. The fourth-order valence-corrected chi connectivity index (χ4v) is 3.27. The molecule has 0 bridgehead atoms. The SMILES string of the molecule is CCC(C)N1CCCCC1C(=O)NC(C(=O)N(C)C(C)O)C(C)(C)C. The number of nitrogens with one attached hydrogen (secondary N) is 1. The van der Waals surface area contributed by atoms with Gasteiger partial charge in [-0.3, -0.25) is 14.5 Å². The maximum absolute atomic E-state index is 13.0. The molecule has 6 nitrogen and oxygen atoms in total. The average molecular weight is 356 g/mol. The van der Waals surface area contributed by atoms with E-state index in [1.54, 1.807) is 14.0 Å². The van der Waals surface area contributed by atoms with Gasteiger partial charge < -0.3 is 15.3 Å². The maximum Gasteiger partial charge on any atom is 0.247 e. The van der Waals surface area contributed by atoms with Crippen LogP contribution < -0.4 is 5.32 Å². The van der Waals surface area contributed by atoms with Crippen LogP contribution in [0, 0.1) is 5.41 Å². The standard InChI is InChI=1S/C19H37N3O3/c1-8-13(2)22-12-10-9-11-15(22)17(24)20-16(19(4,5)6)18(25)21(7)14(3)23/h13-16,23H,8-12H2,1-7H3,(H,20,24). The maximum atomic E-state index is 13.0. The number of hydrogen-bond acceptors (Lipinski definition) is 4. The quantitative estimate of drug-likeness (QED) is 0.715. The molecule has 4 atom stereocenters. The Labute approximate surface area is 152 Å². The molecule has 0 saturated carbocycles. The molecule has 1 aliphatic heterocycles. The Morgan fingerprint density at radius 3 is 2.36 bits per heavy atom. The summed E-state index contributed by atoms with van der Waals surface area (Å²) in [5.74, 6) is -0.339. The Morgan fingerprint density at radius 2 is 1.88 bits per heavy atom. The van der Waals surface area contributed by atoms with Crippen molar-refractivity contribution in [3.05, 3.63) is 0 Å². The van der Waals surface area contributed by atoms with Crippen molar-refractivity contribution < 1.29 is 14.7 Å². The highest BCUT2D eigenvalue weighted by molar-refractivity contribution is 5.90. The molecule has 25 heavy (non-hydrogen) atoms. The van der Waals surface area contributed by atoms with Crippen molar-refractivity contribution in [3.63, 3.8) is 0 Å². The van der Waals surface area contributed by atoms with Gasteiger partial charge in [0.15, 0.2) is 0 Å². The van der Waals surface area contributed by atoms with Gasteiger partial charge in [0.1, 0.15) is 12.3 Å². The molecule has 1 heterocycles. The molecule has 0 aromatic rings. The first-order chi connectivity index (χ1) is 11.5. The Kier molecular flexibility index (Phi) is 7.88. The highest BCUT2D eigenvalue weighted by atomic mass is 16.3. The van der Waals surface area contributed by atoms with E-state index in [9.17, 15) is 14.7 Å². The van der Waals surface area contributed by atoms with E-state index >= 15 is 0 Å². The van der Waals surface area contributed by atoms with Crippen LogP contribution in [0.15, 0.2) is 0 Å². The van der Waals surface area contributed by atoms with E-state index in [-0.39, 0.29) is 17.9 Å². The molecule has 1 aliphatic rings. The fraction of sp³-hybridized carbons (Fsp3) is 0.895. The van der Waals surface area contributed by atoms with Gasteiger partial charge in [-0.15, -0.1) is 0 Å². The second-order valence-electron chi connectivity index (χ2n) is 8.40. The van der Waals surface area contributed by atoms with Crippen molar-refractivity contribution in [1.82, 2.24) is 15.1 Å². The number of aliphatic hydroxyl groups excluding tert-OH is 1. The third kappa shape index (κ3) is 5.68. The number of amides is 2. The van der Waals surface area contributed by atoms with Crippen LogP contribution >= 0.6 is 0 Å². The number of carbonyl (C=O) groups is 2. The molecule has 0 aromatic carbocycles. The summed E-state index contributed by atoms with van der Waals surface area (Å²) in [5.41, 5.74) is -0.439. The van der Waals surface area contributed by atoms with Gasteiger partial charge in [0, 0.05) is 13.1 Å². The lowest BCUT2D eigenvalue weighted by Crippen LogP contribution is -2.60. The van der Waals surface area contributed by atoms with E-state index in [0.29, 0.717) is 6.04 Å². The molecule has 0 spiro atoms. The summed E-state index contributed by atoms with van der Waals surface area (Å²) < 4.78 is 0. The normalized spacial score (nSPS) is 22.8. The predicted octanol–water partition coefficient (Wildman–Crippen LogP) is 1.97. The molecule has 146 valence electrons. The van der Waals surface area contributed by atoms with Crippen LogP contribution in [-0.4, -0.2) is 64.7 Å². The highest BCUT2D eigenvalue weighted by Gasteiger charge is 2.39. The van der Waals surface area contributed by atoms with Crippen LogP contribution in [0.3, 0.4) is 0 Å². The molecule has 1 saturated heterocycles. The molecule has 0 aliphatic carbocycles. The molecule has 2 amide bonds. The minimum Gasteiger partial charge on any atom is -0.374 e. The van der Waals surface area contributed by atoms with E-state index in [1.807, 2.05) is 20.8 Å². The van der Waals surface area contributed by atoms with Crippen LogP contribution in [0.25, 0.3) is 0 Å². The highest BCUT2D eigenvalue weighted by Crippen LogP contribution is 2.24. The van der Waals surface area contributed by atoms with E-state index in [0.717, 1.165) is 32.2 Å². The lowest BCUT2D eigenvalue weighted by Gasteiger charge is -2.41. The predicted molar refractivity (Wildman–Crippen MR) is 99.9 cm³/mol. The Bertz CT molecular complexity index is 459. The minimum absolute atomic E-state index is 0.0766. The number of likely N-dealkylation sites (tertiary alicyclic amines) is 1. The zero-order valence-corrected chi connectivity index (χ0v) is 17.0. The van der Waals surface area contributed by atoms with Gasteiger partial charge in [-0.25, -0.2) is 0 Å². The number of likely N-dealkylation sites (N-methyl/N-ethyl adjacent to an activating group) is 1. The van der Waals surface area contributed by atoms with Gasteiger partial charge in [0.05, 0.1) is 6.04 Å². The zero-order chi connectivity index (χ0) is 19.4. The second kappa shape index (κ2) is 8.99. The molecule has 0 radical (unpaired) electrons. The largest absolute Gasteiger partial charge is 0.374 e. The fourth-order valence-electron chi connectivity index (χ4n) is 3.27. The van der Waals surface area contributed by atoms with Crippen LogP contribution in [0.5, 0.6) is 0 Å². The number of carbonyl (C=O) groups excluding carboxylic acids is 2. The molecule has 1 fully saturated rings. The van der Waals surface area contributed by atoms with Crippen LogP contribution in [-0.2, 0) is 9.59 Å². The van der Waals surface area contributed by atoms with Crippen molar-refractivity contribution in [2.24, 2.45) is 5.41 Å². The smallest absolute Gasteiger partial charge is 0.247 e. The molecule has 6 heteroatoms. The minimum atomic E-state index is -0.888. The van der Waals surface area contributed by atoms with Gasteiger partial charge in [-0.05, 0) is 45.1 Å². The average Bonchev–Trinajstić information content (AvgIpc) is 2.56. The zero-order valence-electron chi connectivity index (χ0n) is 17.0. The summed E-state index contributed by atoms with van der Waals surface area (Å²) in [6.07, 6.45) is 3.08. The second-order valence-corrected chi connectivity index (χ2v) is 8.40. The third-order valence-corrected chi connectivity index (χ3v) is 5.31. The molecule has 1 rings (SSSR count). The van der Waals surface area contributed by atoms with Crippen LogP contribution in [0.2, 0.25) is 0 Å². The van der Waals surface area contributed by atoms with Gasteiger partial charge in [-0.1, -0.05) is 34.1 Å². The van der Waals surface area contributed by atoms with Crippen molar-refractivity contribution >= 4 is 11.8 Å². The summed E-state index contributed by atoms with van der Waals surface area (Å²) in [7, 11) is 1.56. The first-order valence-corrected chi connectivity index (χ1v) is 9.51. The van der Waals surface area contributed by atoms with E-state index in [4.69, 9.17) is 0 Å². The van der Waals surface area contributed by atoms with E-state index in [2.05, 4.69) is 24.1 Å². The monoisotopic (exact) mass is 355 g/mol. The number of rotatable bonds is 6. The molecular formula is C19H37N3O3. The molecule has 4 unspecified atom stereocenters. The number of piperidine rings is 1. The Hall–Kier alpha value is -1.14. The molecular weight excluding hydrogens is 318 g/mol.